The third-order valence-electron chi connectivity index (χ3n) is 7.59. The quantitative estimate of drug-likeness (QED) is 0.401. The number of morpholine rings is 1. The van der Waals surface area contributed by atoms with E-state index in [1.165, 1.54) is 11.1 Å². The number of likely N-dealkylation sites (tertiary alicyclic amines) is 1. The molecule has 2 saturated heterocycles. The number of amides is 1. The van der Waals surface area contributed by atoms with Crippen LogP contribution in [-0.2, 0) is 26.3 Å². The van der Waals surface area contributed by atoms with Crippen molar-refractivity contribution in [2.45, 2.75) is 77.0 Å². The number of carbonyl (C=O) groups excluding carboxylic acids is 1. The van der Waals surface area contributed by atoms with Crippen LogP contribution in [0.25, 0.3) is 0 Å². The molecule has 11 nitrogen and oxygen atoms in total. The molecule has 2 fully saturated rings. The summed E-state index contributed by atoms with van der Waals surface area (Å²) in [4.78, 5) is 31.4. The van der Waals surface area contributed by atoms with Gasteiger partial charge in [-0.25, -0.2) is 15.0 Å². The summed E-state index contributed by atoms with van der Waals surface area (Å²) in [6.07, 6.45) is -2.87. The Morgan fingerprint density at radius 1 is 1.27 bits per heavy atom. The van der Waals surface area contributed by atoms with E-state index in [0.29, 0.717) is 24.6 Å². The van der Waals surface area contributed by atoms with E-state index in [2.05, 4.69) is 25.2 Å². The number of hydrogen-bond acceptors (Lipinski definition) is 9. The molecule has 5 heterocycles. The largest absolute Gasteiger partial charge is 0.457 e. The molecule has 0 radical (unpaired) electrons. The van der Waals surface area contributed by atoms with Gasteiger partial charge in [0.2, 0.25) is 5.91 Å². The van der Waals surface area contributed by atoms with Crippen LogP contribution >= 0.6 is 0 Å². The fraction of sp³-hybridized carbons (Fsp3) is 0.593. The summed E-state index contributed by atoms with van der Waals surface area (Å²) < 4.78 is 74.8. The number of hydrogen-bond donors (Lipinski definition) is 2. The highest BCUT2D eigenvalue weighted by molar-refractivity contribution is 6.12. The fourth-order valence-electron chi connectivity index (χ4n) is 5.74. The smallest absolute Gasteiger partial charge is 0.408 e. The number of pyridine rings is 1. The third kappa shape index (κ3) is 5.36. The van der Waals surface area contributed by atoms with E-state index in [-0.39, 0.29) is 54.6 Å². The lowest BCUT2D eigenvalue weighted by atomic mass is 9.87. The van der Waals surface area contributed by atoms with Crippen LogP contribution in [0, 0.1) is 5.41 Å². The summed E-state index contributed by atoms with van der Waals surface area (Å²) in [5.41, 5.74) is -0.643. The molecular weight excluding hydrogens is 541 g/mol. The first kappa shape index (κ1) is 25.1. The Morgan fingerprint density at radius 3 is 2.63 bits per heavy atom. The predicted molar refractivity (Wildman–Crippen MR) is 147 cm³/mol. The second-order valence-corrected chi connectivity index (χ2v) is 11.1. The summed E-state index contributed by atoms with van der Waals surface area (Å²) in [6.45, 7) is 5.27. The van der Waals surface area contributed by atoms with Gasteiger partial charge in [-0.15, -0.1) is 0 Å². The molecular formula is C27H35F3N8O3. The molecule has 41 heavy (non-hydrogen) atoms. The zero-order chi connectivity index (χ0) is 32.2. The van der Waals surface area contributed by atoms with Gasteiger partial charge in [0.1, 0.15) is 23.5 Å². The van der Waals surface area contributed by atoms with E-state index in [1.807, 2.05) is 13.8 Å². The Hall–Kier alpha value is -3.68. The van der Waals surface area contributed by atoms with Gasteiger partial charge in [0.15, 0.2) is 12.4 Å². The topological polar surface area (TPSA) is 120 Å². The Balaban J connectivity index is 1.47. The number of nitrogens with zero attached hydrogens (tertiary/aromatic N) is 6. The van der Waals surface area contributed by atoms with Crippen molar-refractivity contribution in [3.63, 3.8) is 0 Å². The maximum absolute atomic E-state index is 13.8. The Kier molecular flexibility index (Phi) is 6.49. The van der Waals surface area contributed by atoms with E-state index < -0.39 is 43.1 Å². The maximum Gasteiger partial charge on any atom is 0.408 e. The van der Waals surface area contributed by atoms with E-state index >= 15 is 0 Å². The van der Waals surface area contributed by atoms with Crippen LogP contribution in [0.15, 0.2) is 18.3 Å². The molecule has 0 aromatic carbocycles. The number of ether oxygens (including phenoxy) is 2. The normalized spacial score (nSPS) is 25.4. The van der Waals surface area contributed by atoms with E-state index in [9.17, 15) is 18.0 Å². The number of aromatic nitrogens is 3. The second kappa shape index (κ2) is 10.6. The molecule has 0 aliphatic carbocycles. The molecule has 5 rings (SSSR count). The number of carbonyl (C=O) groups is 1. The van der Waals surface area contributed by atoms with Crippen molar-refractivity contribution < 1.29 is 31.6 Å². The zero-order valence-electron chi connectivity index (χ0n) is 26.2. The van der Waals surface area contributed by atoms with E-state index in [4.69, 9.17) is 19.0 Å². The molecule has 222 valence electrons. The van der Waals surface area contributed by atoms with Crippen LogP contribution in [0.1, 0.15) is 56.0 Å². The Bertz CT molecular complexity index is 1410. The summed E-state index contributed by atoms with van der Waals surface area (Å²) in [5, 5.41) is 10.5. The minimum Gasteiger partial charge on any atom is -0.457 e. The third-order valence-corrected chi connectivity index (χ3v) is 7.59. The molecule has 3 aliphatic rings. The monoisotopic (exact) mass is 579 g/mol. The van der Waals surface area contributed by atoms with Gasteiger partial charge < -0.3 is 24.6 Å². The summed E-state index contributed by atoms with van der Waals surface area (Å²) >= 11 is 0. The first-order valence-electron chi connectivity index (χ1n) is 14.9. The molecule has 0 saturated carbocycles. The molecule has 0 spiro atoms. The van der Waals surface area contributed by atoms with Crippen LogP contribution in [0.3, 0.4) is 0 Å². The van der Waals surface area contributed by atoms with Crippen LogP contribution in [0.2, 0.25) is 0 Å². The summed E-state index contributed by atoms with van der Waals surface area (Å²) in [6, 6.07) is 0.960. The van der Waals surface area contributed by atoms with Gasteiger partial charge in [0.05, 0.1) is 35.1 Å². The average Bonchev–Trinajstić information content (AvgIpc) is 3.48. The van der Waals surface area contributed by atoms with Crippen molar-refractivity contribution in [3.05, 3.63) is 29.7 Å². The van der Waals surface area contributed by atoms with Crippen molar-refractivity contribution in [2.24, 2.45) is 0 Å². The van der Waals surface area contributed by atoms with Gasteiger partial charge in [0, 0.05) is 30.7 Å². The lowest BCUT2D eigenvalue weighted by Gasteiger charge is -2.36. The van der Waals surface area contributed by atoms with Gasteiger partial charge in [-0.3, -0.25) is 15.1 Å². The lowest BCUT2D eigenvalue weighted by Crippen LogP contribution is -2.45. The molecule has 2 N–H and O–H groups in total. The highest BCUT2D eigenvalue weighted by Crippen LogP contribution is 2.47. The molecule has 14 heteroatoms. The number of halogens is 3. The SMILES string of the molecule is [2H]C([2H])([2H])Nc1nc(COC(=N)N2CCC[C@@H]2C(F)(F)F)nc2c1C(C)(C)C(=O)N2c1ccc(N2C[C@@H](C)O[C@@H](C)C2)nc1. The first-order chi connectivity index (χ1) is 20.5. The number of alkyl halides is 3. The van der Waals surface area contributed by atoms with E-state index in [1.54, 1.807) is 26.0 Å². The molecule has 2 aromatic heterocycles. The highest BCUT2D eigenvalue weighted by atomic mass is 19.4. The Labute approximate surface area is 240 Å². The molecule has 3 aliphatic heterocycles. The zero-order valence-corrected chi connectivity index (χ0v) is 23.2. The summed E-state index contributed by atoms with van der Waals surface area (Å²) in [5.74, 6) is 0.107. The highest BCUT2D eigenvalue weighted by Gasteiger charge is 2.49. The van der Waals surface area contributed by atoms with Gasteiger partial charge in [0.25, 0.3) is 6.02 Å². The van der Waals surface area contributed by atoms with Gasteiger partial charge in [-0.2, -0.15) is 13.2 Å². The average molecular weight is 580 g/mol. The van der Waals surface area contributed by atoms with Crippen LogP contribution in [0.5, 0.6) is 0 Å². The standard InChI is InChI=1S/C27H35F3N8O3/c1-15-12-36(13-16(2)41-15)20-9-8-17(11-33-20)38-23-21(26(3,4)24(38)39)22(32-5)34-19(35-23)14-40-25(31)37-10-6-7-18(37)27(28,29)30/h8-9,11,15-16,18,31H,6-7,10,12-14H2,1-5H3,(H,32,34,35)/t15-,16+,18-/m1/s1/i5D3. The lowest BCUT2D eigenvalue weighted by molar-refractivity contribution is -0.169. The summed E-state index contributed by atoms with van der Waals surface area (Å²) in [7, 11) is 0. The Morgan fingerprint density at radius 2 is 2.00 bits per heavy atom. The molecule has 0 bridgehead atoms. The molecule has 2 aromatic rings. The minimum atomic E-state index is -4.53. The minimum absolute atomic E-state index is 0.00164. The number of nitrogens with one attached hydrogen (secondary N) is 2. The van der Waals surface area contributed by atoms with Crippen molar-refractivity contribution >= 4 is 35.1 Å². The molecule has 1 amide bonds. The number of fused-ring (bicyclic) bond motifs is 1. The number of amidine groups is 1. The van der Waals surface area contributed by atoms with E-state index in [0.717, 1.165) is 4.90 Å². The maximum atomic E-state index is 13.8. The van der Waals surface area contributed by atoms with Crippen molar-refractivity contribution in [1.82, 2.24) is 19.9 Å². The molecule has 3 atom stereocenters. The van der Waals surface area contributed by atoms with Gasteiger partial charge in [-0.05, 0) is 52.7 Å². The van der Waals surface area contributed by atoms with Crippen molar-refractivity contribution in [3.8, 4) is 0 Å². The van der Waals surface area contributed by atoms with Crippen molar-refractivity contribution in [1.29, 1.82) is 5.41 Å². The second-order valence-electron chi connectivity index (χ2n) is 11.1. The predicted octanol–water partition coefficient (Wildman–Crippen LogP) is 3.96. The number of rotatable bonds is 5. The van der Waals surface area contributed by atoms with Crippen LogP contribution in [0.4, 0.5) is 36.3 Å². The fourth-order valence-corrected chi connectivity index (χ4v) is 5.74. The molecule has 0 unspecified atom stereocenters. The number of anilines is 4. The van der Waals surface area contributed by atoms with Gasteiger partial charge in [-0.1, -0.05) is 0 Å². The van der Waals surface area contributed by atoms with Gasteiger partial charge >= 0.3 is 6.18 Å². The van der Waals surface area contributed by atoms with Crippen molar-refractivity contribution in [2.75, 3.05) is 41.7 Å². The van der Waals surface area contributed by atoms with Crippen LogP contribution < -0.4 is 15.1 Å². The van der Waals surface area contributed by atoms with Crippen LogP contribution in [-0.4, -0.2) is 82.8 Å². The first-order valence-corrected chi connectivity index (χ1v) is 13.4.